The van der Waals surface area contributed by atoms with Crippen molar-refractivity contribution in [3.63, 3.8) is 0 Å². The highest BCUT2D eigenvalue weighted by atomic mass is 16.4. The zero-order valence-corrected chi connectivity index (χ0v) is 16.0. The molecule has 0 bridgehead atoms. The second-order valence-electron chi connectivity index (χ2n) is 6.52. The Morgan fingerprint density at radius 1 is 0.741 bits per heavy atom. The van der Waals surface area contributed by atoms with Gasteiger partial charge in [0.25, 0.3) is 0 Å². The minimum atomic E-state index is -0.870. The summed E-state index contributed by atoms with van der Waals surface area (Å²) in [7, 11) is 0. The lowest BCUT2D eigenvalue weighted by Crippen LogP contribution is -2.39. The van der Waals surface area contributed by atoms with Gasteiger partial charge in [-0.3, -0.25) is 9.59 Å². The second kappa shape index (κ2) is 18.1. The molecule has 162 valence electrons. The van der Waals surface area contributed by atoms with Crippen LogP contribution in [0.25, 0.3) is 0 Å². The van der Waals surface area contributed by atoms with E-state index in [4.69, 9.17) is 20.4 Å². The lowest BCUT2D eigenvalue weighted by atomic mass is 9.79. The molecular formula is C18H36O9. The van der Waals surface area contributed by atoms with Gasteiger partial charge in [-0.1, -0.05) is 19.8 Å². The zero-order valence-electron chi connectivity index (χ0n) is 16.0. The molecule has 0 amide bonds. The van der Waals surface area contributed by atoms with E-state index in [0.717, 1.165) is 12.8 Å². The fraction of sp³-hybridized carbons (Fsp3) is 0.889. The van der Waals surface area contributed by atoms with Gasteiger partial charge >= 0.3 is 11.9 Å². The normalized spacial score (nSPS) is 14.2. The fourth-order valence-corrected chi connectivity index (χ4v) is 2.68. The van der Waals surface area contributed by atoms with E-state index < -0.39 is 35.8 Å². The van der Waals surface area contributed by atoms with Crippen LogP contribution in [-0.2, 0) is 9.59 Å². The molecule has 0 rings (SSSR count). The number of aliphatic hydroxyl groups excluding tert-OH is 5. The van der Waals surface area contributed by atoms with Gasteiger partial charge in [-0.15, -0.1) is 0 Å². The first-order chi connectivity index (χ1) is 12.8. The van der Waals surface area contributed by atoms with E-state index in [1.54, 1.807) is 0 Å². The summed E-state index contributed by atoms with van der Waals surface area (Å²) in [4.78, 5) is 19.8. The van der Waals surface area contributed by atoms with Crippen molar-refractivity contribution in [3.05, 3.63) is 0 Å². The number of hydrogen-bond donors (Lipinski definition) is 7. The van der Waals surface area contributed by atoms with Crippen LogP contribution >= 0.6 is 0 Å². The van der Waals surface area contributed by atoms with Crippen LogP contribution in [0.15, 0.2) is 0 Å². The first-order valence-electron chi connectivity index (χ1n) is 9.33. The molecule has 7 N–H and O–H groups in total. The highest BCUT2D eigenvalue weighted by Gasteiger charge is 2.32. The summed E-state index contributed by atoms with van der Waals surface area (Å²) in [6, 6.07) is 0. The van der Waals surface area contributed by atoms with Gasteiger partial charge in [0.05, 0.1) is 6.10 Å². The van der Waals surface area contributed by atoms with Crippen LogP contribution in [0.4, 0.5) is 0 Å². The van der Waals surface area contributed by atoms with E-state index in [0.29, 0.717) is 19.3 Å². The van der Waals surface area contributed by atoms with E-state index in [2.05, 4.69) is 0 Å². The van der Waals surface area contributed by atoms with E-state index in [1.807, 2.05) is 6.92 Å². The average Bonchev–Trinajstić information content (AvgIpc) is 2.63. The molecule has 0 spiro atoms. The number of hydrogen-bond acceptors (Lipinski definition) is 7. The first kappa shape index (κ1) is 28.0. The molecule has 0 saturated carbocycles. The minimum Gasteiger partial charge on any atom is -0.481 e. The van der Waals surface area contributed by atoms with Gasteiger partial charge in [0, 0.05) is 51.1 Å². The highest BCUT2D eigenvalue weighted by Crippen LogP contribution is 2.26. The Morgan fingerprint density at radius 2 is 1.19 bits per heavy atom. The number of unbranched alkanes of at least 4 members (excludes halogenated alkanes) is 2. The molecule has 9 nitrogen and oxygen atoms in total. The van der Waals surface area contributed by atoms with E-state index in [9.17, 15) is 24.9 Å². The summed E-state index contributed by atoms with van der Waals surface area (Å²) in [6.07, 6.45) is 2.66. The minimum absolute atomic E-state index is 0.0628. The predicted molar refractivity (Wildman–Crippen MR) is 98.1 cm³/mol. The Balaban J connectivity index is 0. The molecule has 9 heteroatoms. The molecule has 3 atom stereocenters. The summed E-state index contributed by atoms with van der Waals surface area (Å²) in [6.45, 7) is 0.957. The van der Waals surface area contributed by atoms with E-state index >= 15 is 0 Å². The van der Waals surface area contributed by atoms with Gasteiger partial charge < -0.3 is 35.7 Å². The smallest absolute Gasteiger partial charge is 0.303 e. The maximum Gasteiger partial charge on any atom is 0.303 e. The molecular weight excluding hydrogens is 360 g/mol. The summed E-state index contributed by atoms with van der Waals surface area (Å²) in [5.41, 5.74) is 0. The van der Waals surface area contributed by atoms with Gasteiger partial charge in [-0.05, 0) is 25.2 Å². The third-order valence-corrected chi connectivity index (χ3v) is 4.43. The summed E-state index contributed by atoms with van der Waals surface area (Å²) >= 11 is 0. The number of rotatable bonds is 15. The van der Waals surface area contributed by atoms with Crippen LogP contribution < -0.4 is 0 Å². The predicted octanol–water partition coefficient (Wildman–Crippen LogP) is 0.0713. The Labute approximate surface area is 160 Å². The Morgan fingerprint density at radius 3 is 1.48 bits per heavy atom. The molecule has 0 radical (unpaired) electrons. The van der Waals surface area contributed by atoms with Crippen molar-refractivity contribution in [2.75, 3.05) is 26.4 Å². The van der Waals surface area contributed by atoms with Crippen molar-refractivity contribution >= 4 is 11.9 Å². The highest BCUT2D eigenvalue weighted by molar-refractivity contribution is 5.67. The summed E-state index contributed by atoms with van der Waals surface area (Å²) in [5.74, 6) is -3.23. The maximum atomic E-state index is 9.95. The number of aliphatic carboxylic acids is 2. The van der Waals surface area contributed by atoms with Crippen molar-refractivity contribution < 1.29 is 45.3 Å². The maximum absolute atomic E-state index is 9.95. The zero-order chi connectivity index (χ0) is 21.2. The van der Waals surface area contributed by atoms with Crippen molar-refractivity contribution in [1.29, 1.82) is 0 Å². The molecule has 0 aliphatic rings. The lowest BCUT2D eigenvalue weighted by Gasteiger charge is -2.32. The second-order valence-corrected chi connectivity index (χ2v) is 6.52. The van der Waals surface area contributed by atoms with Crippen molar-refractivity contribution in [2.24, 2.45) is 17.8 Å². The molecule has 0 aliphatic carbocycles. The van der Waals surface area contributed by atoms with Gasteiger partial charge in [-0.2, -0.15) is 0 Å². The monoisotopic (exact) mass is 396 g/mol. The van der Waals surface area contributed by atoms with Crippen molar-refractivity contribution in [3.8, 4) is 0 Å². The molecule has 0 heterocycles. The molecule has 0 aromatic heterocycles. The number of carboxylic acids is 2. The molecule has 0 fully saturated rings. The third kappa shape index (κ3) is 14.5. The summed E-state index contributed by atoms with van der Waals surface area (Å²) < 4.78 is 0. The van der Waals surface area contributed by atoms with Crippen LogP contribution in [0.2, 0.25) is 0 Å². The molecule has 27 heavy (non-hydrogen) atoms. The molecule has 0 aromatic rings. The molecule has 0 aliphatic heterocycles. The molecule has 3 unspecified atom stereocenters. The third-order valence-electron chi connectivity index (χ3n) is 4.43. The SMILES string of the molecule is CCCCC(O)C(CO)C(CO)C(CO)CO.O=C(O)CCCCC(=O)O. The van der Waals surface area contributed by atoms with Gasteiger partial charge in [0.1, 0.15) is 0 Å². The Bertz CT molecular complexity index is 356. The fourth-order valence-electron chi connectivity index (χ4n) is 2.68. The van der Waals surface area contributed by atoms with Gasteiger partial charge in [-0.25, -0.2) is 0 Å². The number of aliphatic hydroxyl groups is 5. The standard InChI is InChI=1S/C12H26O5.C6H10O4/c1-2-3-4-12(17)11(8-16)10(7-15)9(5-13)6-14;7-5(8)3-1-2-4-6(9)10/h9-17H,2-8H2,1H3;1-4H2,(H,7,8)(H,9,10). The van der Waals surface area contributed by atoms with Crippen LogP contribution in [0, 0.1) is 17.8 Å². The largest absolute Gasteiger partial charge is 0.481 e. The van der Waals surface area contributed by atoms with Crippen LogP contribution in [-0.4, -0.2) is 80.2 Å². The first-order valence-corrected chi connectivity index (χ1v) is 9.33. The van der Waals surface area contributed by atoms with Crippen molar-refractivity contribution in [2.45, 2.75) is 58.0 Å². The van der Waals surface area contributed by atoms with Crippen molar-refractivity contribution in [1.82, 2.24) is 0 Å². The van der Waals surface area contributed by atoms with E-state index in [-0.39, 0.29) is 39.3 Å². The number of carboxylic acid groups (broad SMARTS) is 2. The lowest BCUT2D eigenvalue weighted by molar-refractivity contribution is -0.139. The summed E-state index contributed by atoms with van der Waals surface area (Å²) in [5, 5.41) is 63.0. The Kier molecular flexibility index (Phi) is 18.8. The van der Waals surface area contributed by atoms with Crippen LogP contribution in [0.1, 0.15) is 51.9 Å². The molecule has 0 saturated heterocycles. The van der Waals surface area contributed by atoms with Gasteiger partial charge in [0.15, 0.2) is 0 Å². The van der Waals surface area contributed by atoms with E-state index in [1.165, 1.54) is 0 Å². The van der Waals surface area contributed by atoms with Crippen LogP contribution in [0.5, 0.6) is 0 Å². The van der Waals surface area contributed by atoms with Crippen LogP contribution in [0.3, 0.4) is 0 Å². The average molecular weight is 396 g/mol. The van der Waals surface area contributed by atoms with Gasteiger partial charge in [0.2, 0.25) is 0 Å². The number of carbonyl (C=O) groups is 2. The quantitative estimate of drug-likeness (QED) is 0.189. The molecule has 0 aromatic carbocycles. The Hall–Kier alpha value is -1.26. The topological polar surface area (TPSA) is 176 Å².